The van der Waals surface area contributed by atoms with Crippen LogP contribution >= 0.6 is 0 Å². The fraction of sp³-hybridized carbons (Fsp3) is 0.440. The second-order valence-electron chi connectivity index (χ2n) is 8.47. The second-order valence-corrected chi connectivity index (χ2v) is 8.47. The molecule has 2 aromatic rings. The van der Waals surface area contributed by atoms with Crippen molar-refractivity contribution >= 4 is 17.5 Å². The van der Waals surface area contributed by atoms with Gasteiger partial charge in [-0.05, 0) is 93.2 Å². The molecule has 0 aromatic heterocycles. The van der Waals surface area contributed by atoms with Gasteiger partial charge >= 0.3 is 0 Å². The second kappa shape index (κ2) is 9.96. The Hall–Kier alpha value is -2.86. The molecule has 0 bridgehead atoms. The van der Waals surface area contributed by atoms with E-state index in [2.05, 4.69) is 15.5 Å². The lowest BCUT2D eigenvalue weighted by Gasteiger charge is -2.44. The van der Waals surface area contributed by atoms with Crippen molar-refractivity contribution in [1.29, 1.82) is 0 Å². The number of fused-ring (bicyclic) bond motifs is 1. The lowest BCUT2D eigenvalue weighted by molar-refractivity contribution is 0.0575. The van der Waals surface area contributed by atoms with E-state index in [1.807, 2.05) is 0 Å². The fourth-order valence-corrected chi connectivity index (χ4v) is 4.79. The maximum Gasteiger partial charge on any atom is 0.255 e. The molecular weight excluding hydrogens is 390 g/mol. The minimum absolute atomic E-state index is 0.0547. The maximum absolute atomic E-state index is 12.6. The first kappa shape index (κ1) is 21.4. The van der Waals surface area contributed by atoms with Crippen molar-refractivity contribution in [1.82, 2.24) is 10.2 Å². The number of anilines is 1. The number of nitrogens with zero attached hydrogens (tertiary/aromatic N) is 1. The highest BCUT2D eigenvalue weighted by Gasteiger charge is 2.32. The van der Waals surface area contributed by atoms with E-state index in [0.29, 0.717) is 34.5 Å². The molecule has 2 heterocycles. The molecule has 6 nitrogen and oxygen atoms in total. The van der Waals surface area contributed by atoms with E-state index >= 15 is 0 Å². The van der Waals surface area contributed by atoms with Crippen molar-refractivity contribution in [2.24, 2.45) is 5.92 Å². The number of methoxy groups -OCH3 is 1. The molecule has 0 saturated carbocycles. The first-order chi connectivity index (χ1) is 15.1. The minimum atomic E-state index is -0.200. The molecule has 2 aliphatic rings. The van der Waals surface area contributed by atoms with Crippen LogP contribution in [0.3, 0.4) is 0 Å². The Labute approximate surface area is 184 Å². The number of hydrogen-bond donors (Lipinski definition) is 2. The summed E-state index contributed by atoms with van der Waals surface area (Å²) < 4.78 is 5.12. The van der Waals surface area contributed by atoms with E-state index in [4.69, 9.17) is 4.74 Å². The topological polar surface area (TPSA) is 70.7 Å². The van der Waals surface area contributed by atoms with Crippen LogP contribution in [0.15, 0.2) is 48.5 Å². The molecule has 0 unspecified atom stereocenters. The van der Waals surface area contributed by atoms with E-state index in [9.17, 15) is 9.59 Å². The molecule has 0 aliphatic carbocycles. The Morgan fingerprint density at radius 3 is 2.32 bits per heavy atom. The van der Waals surface area contributed by atoms with E-state index in [0.717, 1.165) is 6.54 Å². The fourth-order valence-electron chi connectivity index (χ4n) is 4.79. The lowest BCUT2D eigenvalue weighted by atomic mass is 9.83. The van der Waals surface area contributed by atoms with Crippen molar-refractivity contribution in [2.45, 2.75) is 38.1 Å². The van der Waals surface area contributed by atoms with Gasteiger partial charge in [0.05, 0.1) is 7.11 Å². The van der Waals surface area contributed by atoms with Crippen LogP contribution in [0.25, 0.3) is 0 Å². The number of hydrogen-bond acceptors (Lipinski definition) is 4. The van der Waals surface area contributed by atoms with Gasteiger partial charge in [-0.1, -0.05) is 6.42 Å². The molecular formula is C25H31N3O3. The molecule has 31 heavy (non-hydrogen) atoms. The van der Waals surface area contributed by atoms with Crippen LogP contribution in [-0.2, 0) is 0 Å². The summed E-state index contributed by atoms with van der Waals surface area (Å²) in [4.78, 5) is 27.6. The number of ether oxygens (including phenoxy) is 1. The Morgan fingerprint density at radius 2 is 1.58 bits per heavy atom. The van der Waals surface area contributed by atoms with Crippen molar-refractivity contribution in [2.75, 3.05) is 32.1 Å². The summed E-state index contributed by atoms with van der Waals surface area (Å²) in [5.41, 5.74) is 1.81. The van der Waals surface area contributed by atoms with E-state index < -0.39 is 0 Å². The molecule has 2 fully saturated rings. The molecule has 0 spiro atoms. The van der Waals surface area contributed by atoms with Gasteiger partial charge in [-0.3, -0.25) is 9.59 Å². The van der Waals surface area contributed by atoms with Crippen molar-refractivity contribution in [3.8, 4) is 5.75 Å². The zero-order valence-corrected chi connectivity index (χ0v) is 18.1. The van der Waals surface area contributed by atoms with Gasteiger partial charge in [-0.15, -0.1) is 0 Å². The smallest absolute Gasteiger partial charge is 0.255 e. The van der Waals surface area contributed by atoms with Crippen LogP contribution in [0.5, 0.6) is 5.75 Å². The third kappa shape index (κ3) is 5.25. The molecule has 2 aromatic carbocycles. The molecule has 6 heteroatoms. The number of nitrogens with one attached hydrogen (secondary N) is 2. The Kier molecular flexibility index (Phi) is 6.87. The Morgan fingerprint density at radius 1 is 0.903 bits per heavy atom. The van der Waals surface area contributed by atoms with E-state index in [-0.39, 0.29) is 11.8 Å². The molecule has 4 rings (SSSR count). The minimum Gasteiger partial charge on any atom is -0.497 e. The van der Waals surface area contributed by atoms with Gasteiger partial charge in [0.2, 0.25) is 0 Å². The summed E-state index contributed by atoms with van der Waals surface area (Å²) in [7, 11) is 1.59. The van der Waals surface area contributed by atoms with Crippen molar-refractivity contribution in [3.05, 3.63) is 59.7 Å². The summed E-state index contributed by atoms with van der Waals surface area (Å²) in [5.74, 6) is 0.993. The molecule has 2 amide bonds. The summed E-state index contributed by atoms with van der Waals surface area (Å²) >= 11 is 0. The molecule has 2 aliphatic heterocycles. The van der Waals surface area contributed by atoms with Crippen molar-refractivity contribution < 1.29 is 14.3 Å². The highest BCUT2D eigenvalue weighted by Crippen LogP contribution is 2.30. The predicted molar refractivity (Wildman–Crippen MR) is 122 cm³/mol. The van der Waals surface area contributed by atoms with Gasteiger partial charge < -0.3 is 20.3 Å². The average Bonchev–Trinajstić information content (AvgIpc) is 2.83. The molecule has 164 valence electrons. The normalized spacial score (nSPS) is 21.1. The number of benzene rings is 2. The van der Waals surface area contributed by atoms with Gasteiger partial charge in [0, 0.05) is 29.4 Å². The summed E-state index contributed by atoms with van der Waals surface area (Å²) in [6.45, 7) is 3.15. The van der Waals surface area contributed by atoms with Crippen molar-refractivity contribution in [3.63, 3.8) is 0 Å². The van der Waals surface area contributed by atoms with Crippen LogP contribution in [0.4, 0.5) is 5.69 Å². The van der Waals surface area contributed by atoms with Gasteiger partial charge in [0.1, 0.15) is 5.75 Å². The zero-order chi connectivity index (χ0) is 21.6. The third-order valence-electron chi connectivity index (χ3n) is 6.51. The number of rotatable bonds is 6. The molecule has 2 N–H and O–H groups in total. The largest absolute Gasteiger partial charge is 0.497 e. The molecule has 2 atom stereocenters. The van der Waals surface area contributed by atoms with E-state index in [1.165, 1.54) is 45.2 Å². The van der Waals surface area contributed by atoms with Crippen LogP contribution in [0.1, 0.15) is 52.8 Å². The highest BCUT2D eigenvalue weighted by molar-refractivity contribution is 6.04. The number of amides is 2. The third-order valence-corrected chi connectivity index (χ3v) is 6.51. The van der Waals surface area contributed by atoms with Crippen LogP contribution in [0.2, 0.25) is 0 Å². The zero-order valence-electron chi connectivity index (χ0n) is 18.1. The Balaban J connectivity index is 1.30. The SMILES string of the molecule is COc1ccc(C(=O)Nc2ccc(C(=O)NC[C@@H]3CCCN4CCCC[C@H]34)cc2)cc1. The molecule has 2 saturated heterocycles. The van der Waals surface area contributed by atoms with E-state index in [1.54, 1.807) is 55.6 Å². The van der Waals surface area contributed by atoms with Crippen LogP contribution in [0, 0.1) is 5.92 Å². The molecule has 0 radical (unpaired) electrons. The average molecular weight is 422 g/mol. The summed E-state index contributed by atoms with van der Waals surface area (Å²) in [6.07, 6.45) is 6.27. The predicted octanol–water partition coefficient (Wildman–Crippen LogP) is 3.94. The van der Waals surface area contributed by atoms with Gasteiger partial charge in [-0.2, -0.15) is 0 Å². The number of carbonyl (C=O) groups is 2. The first-order valence-electron chi connectivity index (χ1n) is 11.2. The number of piperidine rings is 2. The summed E-state index contributed by atoms with van der Waals surface area (Å²) in [6, 6.07) is 14.6. The van der Waals surface area contributed by atoms with Gasteiger partial charge in [0.25, 0.3) is 11.8 Å². The maximum atomic E-state index is 12.6. The lowest BCUT2D eigenvalue weighted by Crippen LogP contribution is -2.51. The van der Waals surface area contributed by atoms with Gasteiger partial charge in [0.15, 0.2) is 0 Å². The highest BCUT2D eigenvalue weighted by atomic mass is 16.5. The first-order valence-corrected chi connectivity index (χ1v) is 11.2. The standard InChI is InChI=1S/C25H31N3O3/c1-31-22-13-9-19(10-14-22)25(30)27-21-11-7-18(8-12-21)24(29)26-17-20-5-4-16-28-15-3-2-6-23(20)28/h7-14,20,23H,2-6,15-17H2,1H3,(H,26,29)(H,27,30)/t20-,23+/m0/s1. The Bertz CT molecular complexity index is 893. The van der Waals surface area contributed by atoms with Gasteiger partial charge in [-0.25, -0.2) is 0 Å². The summed E-state index contributed by atoms with van der Waals surface area (Å²) in [5, 5.41) is 5.99. The quantitative estimate of drug-likeness (QED) is 0.741. The van der Waals surface area contributed by atoms with Crippen LogP contribution < -0.4 is 15.4 Å². The number of carbonyl (C=O) groups excluding carboxylic acids is 2. The van der Waals surface area contributed by atoms with Crippen LogP contribution in [-0.4, -0.2) is 49.5 Å². The monoisotopic (exact) mass is 421 g/mol.